The lowest BCUT2D eigenvalue weighted by molar-refractivity contribution is 0.624. The normalized spacial score (nSPS) is 11.3. The fourth-order valence-electron chi connectivity index (χ4n) is 2.93. The molecule has 0 aromatic heterocycles. The van der Waals surface area contributed by atoms with Crippen molar-refractivity contribution in [1.82, 2.24) is 0 Å². The first kappa shape index (κ1) is 15.8. The van der Waals surface area contributed by atoms with Gasteiger partial charge in [0.1, 0.15) is 0 Å². The molecule has 0 nitrogen and oxygen atoms in total. The van der Waals surface area contributed by atoms with Crippen LogP contribution in [0.25, 0.3) is 11.1 Å². The molecule has 0 heteroatoms. The second-order valence-electron chi connectivity index (χ2n) is 5.91. The van der Waals surface area contributed by atoms with Gasteiger partial charge in [0.05, 0.1) is 0 Å². The van der Waals surface area contributed by atoms with Crippen LogP contribution in [0.15, 0.2) is 48.5 Å². The van der Waals surface area contributed by atoms with Gasteiger partial charge in [-0.3, -0.25) is 0 Å². The van der Waals surface area contributed by atoms with Gasteiger partial charge >= 0.3 is 0 Å². The highest BCUT2D eigenvalue weighted by Crippen LogP contribution is 2.35. The van der Waals surface area contributed by atoms with E-state index in [1.165, 1.54) is 60.8 Å². The molecule has 0 spiro atoms. The van der Waals surface area contributed by atoms with E-state index in [4.69, 9.17) is 0 Å². The van der Waals surface area contributed by atoms with Crippen LogP contribution in [0.5, 0.6) is 0 Å². The van der Waals surface area contributed by atoms with Crippen LogP contribution < -0.4 is 0 Å². The molecule has 0 bridgehead atoms. The molecule has 0 saturated carbocycles. The maximum absolute atomic E-state index is 2.26. The van der Waals surface area contributed by atoms with Crippen molar-refractivity contribution in [2.45, 2.75) is 58.8 Å². The van der Waals surface area contributed by atoms with Crippen LogP contribution >= 0.6 is 0 Å². The molecule has 0 atom stereocenters. The lowest BCUT2D eigenvalue weighted by Crippen LogP contribution is -1.77. The number of fused-ring (bicyclic) bond motifs is 3. The maximum Gasteiger partial charge on any atom is -0.00135 e. The van der Waals surface area contributed by atoms with Crippen molar-refractivity contribution in [2.24, 2.45) is 0 Å². The van der Waals surface area contributed by atoms with Gasteiger partial charge in [-0.05, 0) is 28.7 Å². The Morgan fingerprint density at radius 2 is 1.05 bits per heavy atom. The van der Waals surface area contributed by atoms with Crippen LogP contribution in [-0.4, -0.2) is 0 Å². The number of hydrogen-bond donors (Lipinski definition) is 0. The highest BCUT2D eigenvalue weighted by atomic mass is 14.2. The molecule has 0 unspecified atom stereocenters. The SMILES string of the molecule is CCCCCCCC.c1ccc2c(c1)Cc1ccccc1-2. The first-order valence-corrected chi connectivity index (χ1v) is 8.53. The van der Waals surface area contributed by atoms with E-state index in [0.717, 1.165) is 6.42 Å². The number of hydrogen-bond acceptors (Lipinski definition) is 0. The second kappa shape index (κ2) is 8.67. The molecule has 1 aliphatic carbocycles. The molecule has 0 amide bonds. The summed E-state index contributed by atoms with van der Waals surface area (Å²) < 4.78 is 0. The van der Waals surface area contributed by atoms with Gasteiger partial charge in [-0.15, -0.1) is 0 Å². The van der Waals surface area contributed by atoms with Gasteiger partial charge < -0.3 is 0 Å². The zero-order valence-electron chi connectivity index (χ0n) is 13.6. The Bertz CT molecular complexity index is 490. The van der Waals surface area contributed by atoms with Crippen molar-refractivity contribution in [3.8, 4) is 11.1 Å². The molecule has 0 fully saturated rings. The molecule has 1 aliphatic rings. The van der Waals surface area contributed by atoms with Gasteiger partial charge in [0.15, 0.2) is 0 Å². The summed E-state index contributed by atoms with van der Waals surface area (Å²) in [6, 6.07) is 17.3. The van der Waals surface area contributed by atoms with Crippen molar-refractivity contribution >= 4 is 0 Å². The smallest absolute Gasteiger partial charge is 0.00135 e. The minimum Gasteiger partial charge on any atom is -0.0654 e. The molecule has 2 aromatic rings. The predicted molar refractivity (Wildman–Crippen MR) is 93.7 cm³/mol. The fraction of sp³-hybridized carbons (Fsp3) is 0.429. The zero-order chi connectivity index (χ0) is 14.9. The first-order valence-electron chi connectivity index (χ1n) is 8.53. The molecular weight excluding hydrogens is 252 g/mol. The molecule has 2 aromatic carbocycles. The summed E-state index contributed by atoms with van der Waals surface area (Å²) in [4.78, 5) is 0. The van der Waals surface area contributed by atoms with E-state index >= 15 is 0 Å². The van der Waals surface area contributed by atoms with Gasteiger partial charge in [0, 0.05) is 0 Å². The number of benzene rings is 2. The Labute approximate surface area is 130 Å². The van der Waals surface area contributed by atoms with E-state index in [9.17, 15) is 0 Å². The Balaban J connectivity index is 0.000000177. The van der Waals surface area contributed by atoms with E-state index in [0.29, 0.717) is 0 Å². The minimum absolute atomic E-state index is 1.10. The van der Waals surface area contributed by atoms with E-state index in [-0.39, 0.29) is 0 Å². The van der Waals surface area contributed by atoms with Crippen molar-refractivity contribution in [2.75, 3.05) is 0 Å². The number of unbranched alkanes of at least 4 members (excludes halogenated alkanes) is 5. The minimum atomic E-state index is 1.10. The van der Waals surface area contributed by atoms with Gasteiger partial charge in [0.25, 0.3) is 0 Å². The Morgan fingerprint density at radius 3 is 1.48 bits per heavy atom. The lowest BCUT2D eigenvalue weighted by atomic mass is 10.1. The fourth-order valence-corrected chi connectivity index (χ4v) is 2.93. The molecule has 0 radical (unpaired) electrons. The van der Waals surface area contributed by atoms with Gasteiger partial charge in [-0.25, -0.2) is 0 Å². The summed E-state index contributed by atoms with van der Waals surface area (Å²) in [5, 5.41) is 0. The van der Waals surface area contributed by atoms with Gasteiger partial charge in [-0.1, -0.05) is 101 Å². The molecular formula is C21H28. The Hall–Kier alpha value is -1.56. The molecule has 0 heterocycles. The molecule has 0 aliphatic heterocycles. The van der Waals surface area contributed by atoms with Crippen molar-refractivity contribution in [3.63, 3.8) is 0 Å². The Kier molecular flexibility index (Phi) is 6.53. The molecule has 112 valence electrons. The summed E-state index contributed by atoms with van der Waals surface area (Å²) in [6.45, 7) is 4.51. The third-order valence-electron chi connectivity index (χ3n) is 4.16. The van der Waals surface area contributed by atoms with Gasteiger partial charge in [-0.2, -0.15) is 0 Å². The first-order chi connectivity index (χ1) is 10.4. The average molecular weight is 280 g/mol. The van der Waals surface area contributed by atoms with E-state index in [2.05, 4.69) is 62.4 Å². The molecule has 21 heavy (non-hydrogen) atoms. The average Bonchev–Trinajstić information content (AvgIpc) is 2.91. The van der Waals surface area contributed by atoms with Crippen LogP contribution in [0.1, 0.15) is 63.5 Å². The third-order valence-corrected chi connectivity index (χ3v) is 4.16. The number of rotatable bonds is 5. The van der Waals surface area contributed by atoms with Crippen molar-refractivity contribution in [3.05, 3.63) is 59.7 Å². The molecule has 0 N–H and O–H groups in total. The summed E-state index contributed by atoms with van der Waals surface area (Å²) in [7, 11) is 0. The topological polar surface area (TPSA) is 0 Å². The summed E-state index contributed by atoms with van der Waals surface area (Å²) in [5.41, 5.74) is 5.75. The molecule has 3 rings (SSSR count). The van der Waals surface area contributed by atoms with Crippen molar-refractivity contribution < 1.29 is 0 Å². The highest BCUT2D eigenvalue weighted by Gasteiger charge is 2.15. The van der Waals surface area contributed by atoms with Gasteiger partial charge in [0.2, 0.25) is 0 Å². The zero-order valence-corrected chi connectivity index (χ0v) is 13.6. The summed E-state index contributed by atoms with van der Waals surface area (Å²) in [5.74, 6) is 0. The predicted octanol–water partition coefficient (Wildman–Crippen LogP) is 6.62. The van der Waals surface area contributed by atoms with Crippen molar-refractivity contribution in [1.29, 1.82) is 0 Å². The third kappa shape index (κ3) is 4.46. The van der Waals surface area contributed by atoms with Crippen LogP contribution in [0.3, 0.4) is 0 Å². The monoisotopic (exact) mass is 280 g/mol. The lowest BCUT2D eigenvalue weighted by Gasteiger charge is -1.98. The van der Waals surface area contributed by atoms with E-state index < -0.39 is 0 Å². The van der Waals surface area contributed by atoms with Crippen LogP contribution in [0.4, 0.5) is 0 Å². The van der Waals surface area contributed by atoms with Crippen LogP contribution in [0, 0.1) is 0 Å². The van der Waals surface area contributed by atoms with E-state index in [1.807, 2.05) is 0 Å². The summed E-state index contributed by atoms with van der Waals surface area (Å²) in [6.07, 6.45) is 9.59. The quantitative estimate of drug-likeness (QED) is 0.460. The standard InChI is InChI=1S/C13H10.C8H18/c1-3-7-12-10(5-1)9-11-6-2-4-8-13(11)12;1-3-5-7-8-6-4-2/h1-8H,9H2;3-8H2,1-2H3. The summed E-state index contributed by atoms with van der Waals surface area (Å²) >= 11 is 0. The Morgan fingerprint density at radius 1 is 0.619 bits per heavy atom. The maximum atomic E-state index is 2.26. The van der Waals surface area contributed by atoms with Crippen LogP contribution in [0.2, 0.25) is 0 Å². The second-order valence-corrected chi connectivity index (χ2v) is 5.91. The van der Waals surface area contributed by atoms with E-state index in [1.54, 1.807) is 0 Å². The van der Waals surface area contributed by atoms with Crippen LogP contribution in [-0.2, 0) is 6.42 Å². The largest absolute Gasteiger partial charge is 0.0654 e. The highest BCUT2D eigenvalue weighted by molar-refractivity contribution is 5.76. The molecule has 0 saturated heterocycles.